The Morgan fingerprint density at radius 2 is 0.606 bits per heavy atom. The Morgan fingerprint density at radius 3 is 0.788 bits per heavy atom. The van der Waals surface area contributed by atoms with Gasteiger partial charge in [0, 0.05) is 12.3 Å². The molecule has 33 heavy (non-hydrogen) atoms. The number of hydrogen-bond donors (Lipinski definition) is 0. The van der Waals surface area contributed by atoms with E-state index in [9.17, 15) is 0 Å². The second-order valence-corrected chi connectivity index (χ2v) is 12.6. The molecule has 0 bridgehead atoms. The van der Waals surface area contributed by atoms with Crippen LogP contribution in [0, 0.1) is 0 Å². The van der Waals surface area contributed by atoms with Crippen molar-refractivity contribution in [3.05, 3.63) is 133 Å². The molecule has 0 radical (unpaired) electrons. The minimum Gasteiger partial charge on any atom is -0.674 e. The Hall–Kier alpha value is -1.65. The molecular formula is C28H32N2P2Pt+4. The fourth-order valence-corrected chi connectivity index (χ4v) is 8.42. The van der Waals surface area contributed by atoms with Gasteiger partial charge in [-0.1, -0.05) is 72.8 Å². The normalized spacial score (nSPS) is 10.3. The van der Waals surface area contributed by atoms with E-state index < -0.39 is 15.8 Å². The van der Waals surface area contributed by atoms with Crippen LogP contribution in [-0.2, 0) is 21.1 Å². The fraction of sp³-hybridized carbons (Fsp3) is 0.143. The Morgan fingerprint density at radius 1 is 0.394 bits per heavy atom. The second kappa shape index (κ2) is 16.1. The van der Waals surface area contributed by atoms with Gasteiger partial charge >= 0.3 is 21.1 Å². The van der Waals surface area contributed by atoms with Crippen LogP contribution in [0.3, 0.4) is 0 Å². The first kappa shape index (κ1) is 27.6. The van der Waals surface area contributed by atoms with Crippen LogP contribution in [0.4, 0.5) is 0 Å². The van der Waals surface area contributed by atoms with Crippen LogP contribution in [-0.4, -0.2) is 25.4 Å². The van der Waals surface area contributed by atoms with Crippen LogP contribution < -0.4 is 21.2 Å². The van der Waals surface area contributed by atoms with E-state index in [0.717, 1.165) is 12.3 Å². The molecule has 0 unspecified atom stereocenters. The molecule has 0 aliphatic rings. The zero-order valence-corrected chi connectivity index (χ0v) is 23.0. The van der Waals surface area contributed by atoms with Crippen molar-refractivity contribution in [1.82, 2.24) is 0 Å². The summed E-state index contributed by atoms with van der Waals surface area (Å²) in [6.07, 6.45) is 1.97. The molecular weight excluding hydrogens is 621 g/mol. The van der Waals surface area contributed by atoms with Crippen molar-refractivity contribution < 1.29 is 21.1 Å². The Bertz CT molecular complexity index is 839. The van der Waals surface area contributed by atoms with Gasteiger partial charge in [-0.05, 0) is 48.5 Å². The summed E-state index contributed by atoms with van der Waals surface area (Å²) in [5, 5.41) is 5.63. The molecule has 0 saturated heterocycles. The zero-order valence-electron chi connectivity index (χ0n) is 18.7. The summed E-state index contributed by atoms with van der Waals surface area (Å²) in [5.41, 5.74) is 14.9. The van der Waals surface area contributed by atoms with Gasteiger partial charge in [-0.3, -0.25) is 0 Å². The monoisotopic (exact) mass is 653 g/mol. The molecule has 4 rings (SSSR count). The van der Waals surface area contributed by atoms with Gasteiger partial charge in [0.05, 0.1) is 37.1 Å². The summed E-state index contributed by atoms with van der Waals surface area (Å²) in [6, 6.07) is 42.5. The Balaban J connectivity index is 0.000000227. The molecule has 0 spiro atoms. The maximum Gasteiger partial charge on any atom is 4.00 e. The first-order valence-corrected chi connectivity index (χ1v) is 14.5. The van der Waals surface area contributed by atoms with Gasteiger partial charge in [0.2, 0.25) is 0 Å². The van der Waals surface area contributed by atoms with Crippen molar-refractivity contribution in [2.24, 2.45) is 0 Å². The first-order chi connectivity index (χ1) is 15.8. The van der Waals surface area contributed by atoms with Crippen molar-refractivity contribution >= 4 is 37.1 Å². The molecule has 0 heterocycles. The van der Waals surface area contributed by atoms with E-state index in [1.54, 1.807) is 0 Å². The quantitative estimate of drug-likeness (QED) is 0.216. The van der Waals surface area contributed by atoms with E-state index in [1.807, 2.05) is 0 Å². The summed E-state index contributed by atoms with van der Waals surface area (Å²) in [6.45, 7) is 1.02. The van der Waals surface area contributed by atoms with Gasteiger partial charge in [-0.15, -0.1) is 13.1 Å². The largest absolute Gasteiger partial charge is 4.00 e. The van der Waals surface area contributed by atoms with Crippen molar-refractivity contribution in [2.45, 2.75) is 0 Å². The minimum atomic E-state index is -0.738. The fourth-order valence-electron chi connectivity index (χ4n) is 3.72. The minimum absolute atomic E-state index is 0. The van der Waals surface area contributed by atoms with E-state index in [-0.39, 0.29) is 21.1 Å². The van der Waals surface area contributed by atoms with Crippen LogP contribution in [0.5, 0.6) is 0 Å². The van der Waals surface area contributed by atoms with Gasteiger partial charge in [0.1, 0.15) is 0 Å². The molecule has 0 atom stereocenters. The van der Waals surface area contributed by atoms with Gasteiger partial charge < -0.3 is 11.5 Å². The third kappa shape index (κ3) is 8.90. The summed E-state index contributed by atoms with van der Waals surface area (Å²) < 4.78 is 0. The molecule has 5 heteroatoms. The molecule has 0 saturated carbocycles. The van der Waals surface area contributed by atoms with Gasteiger partial charge in [0.25, 0.3) is 0 Å². The molecule has 0 aliphatic carbocycles. The van der Waals surface area contributed by atoms with Crippen LogP contribution >= 0.6 is 15.8 Å². The summed E-state index contributed by atoms with van der Waals surface area (Å²) in [5.74, 6) is 0. The van der Waals surface area contributed by atoms with Crippen molar-refractivity contribution in [3.8, 4) is 0 Å². The Kier molecular flexibility index (Phi) is 13.4. The van der Waals surface area contributed by atoms with Crippen molar-refractivity contribution in [1.29, 1.82) is 0 Å². The average Bonchev–Trinajstić information content (AvgIpc) is 2.88. The topological polar surface area (TPSA) is 47.6 Å². The Labute approximate surface area is 215 Å². The zero-order chi connectivity index (χ0) is 22.4. The van der Waals surface area contributed by atoms with E-state index in [0.29, 0.717) is 13.1 Å². The smallest absolute Gasteiger partial charge is 0.674 e. The van der Waals surface area contributed by atoms with Crippen LogP contribution in [0.1, 0.15) is 0 Å². The number of rotatable bonds is 8. The molecule has 2 N–H and O–H groups in total. The molecule has 2 nitrogen and oxygen atoms in total. The molecule has 0 aliphatic heterocycles. The van der Waals surface area contributed by atoms with Gasteiger partial charge in [-0.25, -0.2) is 0 Å². The molecule has 4 aromatic carbocycles. The SMILES string of the molecule is [NH-]CC[PH+](c1ccccc1)c1ccccc1.[NH-]CC[PH+](c1ccccc1)c1ccccc1.[Pt+4]. The second-order valence-electron chi connectivity index (χ2n) is 7.42. The number of benzene rings is 4. The third-order valence-electron chi connectivity index (χ3n) is 5.24. The number of hydrogen-bond acceptors (Lipinski definition) is 0. The van der Waals surface area contributed by atoms with E-state index in [2.05, 4.69) is 121 Å². The van der Waals surface area contributed by atoms with Crippen LogP contribution in [0.2, 0.25) is 0 Å². The summed E-state index contributed by atoms with van der Waals surface area (Å²) in [4.78, 5) is 0. The molecule has 0 fully saturated rings. The molecule has 170 valence electrons. The van der Waals surface area contributed by atoms with E-state index in [4.69, 9.17) is 11.5 Å². The van der Waals surface area contributed by atoms with E-state index >= 15 is 0 Å². The average molecular weight is 654 g/mol. The predicted octanol–water partition coefficient (Wildman–Crippen LogP) is 5.81. The first-order valence-electron chi connectivity index (χ1n) is 11.1. The standard InChI is InChI=1S/2C14H15NP.Pt/c2*15-11-12-16(13-7-3-1-4-8-13)14-9-5-2-6-10-14;/h2*1-10,15H,11-12H2;/q2*-1;+4/p+2. The molecule has 4 aromatic rings. The molecule has 0 amide bonds. The van der Waals surface area contributed by atoms with Crippen molar-refractivity contribution in [3.63, 3.8) is 0 Å². The van der Waals surface area contributed by atoms with Crippen LogP contribution in [0.15, 0.2) is 121 Å². The maximum absolute atomic E-state index is 7.46. The van der Waals surface area contributed by atoms with Crippen molar-refractivity contribution in [2.75, 3.05) is 25.4 Å². The van der Waals surface area contributed by atoms with Crippen LogP contribution in [0.25, 0.3) is 11.5 Å². The molecule has 0 aromatic heterocycles. The van der Waals surface area contributed by atoms with Gasteiger partial charge in [-0.2, -0.15) is 0 Å². The predicted molar refractivity (Wildman–Crippen MR) is 149 cm³/mol. The van der Waals surface area contributed by atoms with Gasteiger partial charge in [0.15, 0.2) is 0 Å². The maximum atomic E-state index is 7.46. The number of nitrogens with one attached hydrogen (secondary N) is 2. The third-order valence-corrected chi connectivity index (χ3v) is 10.9. The summed E-state index contributed by atoms with van der Waals surface area (Å²) >= 11 is 0. The summed E-state index contributed by atoms with van der Waals surface area (Å²) in [7, 11) is -1.48. The van der Waals surface area contributed by atoms with E-state index in [1.165, 1.54) is 21.2 Å².